The maximum Gasteiger partial charge on any atom is 0.238 e. The van der Waals surface area contributed by atoms with Crippen molar-refractivity contribution in [3.63, 3.8) is 0 Å². The first-order valence-electron chi connectivity index (χ1n) is 8.53. The third-order valence-electron chi connectivity index (χ3n) is 4.66. The van der Waals surface area contributed by atoms with E-state index >= 15 is 0 Å². The summed E-state index contributed by atoms with van der Waals surface area (Å²) in [7, 11) is 0. The average Bonchev–Trinajstić information content (AvgIpc) is 3.27. The van der Waals surface area contributed by atoms with Crippen molar-refractivity contribution in [3.8, 4) is 0 Å². The molecule has 1 amide bonds. The summed E-state index contributed by atoms with van der Waals surface area (Å²) in [6.45, 7) is 0. The van der Waals surface area contributed by atoms with Crippen molar-refractivity contribution in [1.29, 1.82) is 0 Å². The zero-order valence-corrected chi connectivity index (χ0v) is 14.2. The van der Waals surface area contributed by atoms with Gasteiger partial charge in [0.25, 0.3) is 0 Å². The Bertz CT molecular complexity index is 755. The number of carbonyl (C=O) groups excluding carboxylic acids is 1. The molecule has 2 aromatic carbocycles. The number of aryl methyl sites for hydroxylation is 2. The van der Waals surface area contributed by atoms with E-state index in [1.54, 1.807) is 23.9 Å². The lowest BCUT2D eigenvalue weighted by Crippen LogP contribution is -2.29. The van der Waals surface area contributed by atoms with Gasteiger partial charge >= 0.3 is 0 Å². The SMILES string of the molecule is O=C(NC1CC1)C(Sc1ccc2c(c1)CCC2)c1ccc(F)cc1. The molecule has 0 aromatic heterocycles. The van der Waals surface area contributed by atoms with Crippen molar-refractivity contribution in [1.82, 2.24) is 5.32 Å². The molecule has 1 atom stereocenters. The molecule has 124 valence electrons. The van der Waals surface area contributed by atoms with Gasteiger partial charge in [0.15, 0.2) is 0 Å². The van der Waals surface area contributed by atoms with Crippen LogP contribution < -0.4 is 5.32 Å². The summed E-state index contributed by atoms with van der Waals surface area (Å²) in [5, 5.41) is 2.74. The normalized spacial score (nSPS) is 17.4. The van der Waals surface area contributed by atoms with Crippen LogP contribution in [0.2, 0.25) is 0 Å². The zero-order valence-electron chi connectivity index (χ0n) is 13.4. The molecule has 0 radical (unpaired) electrons. The molecule has 4 rings (SSSR count). The molecular formula is C20H20FNOS. The molecule has 2 aliphatic carbocycles. The van der Waals surface area contributed by atoms with Crippen LogP contribution >= 0.6 is 11.8 Å². The molecule has 2 aromatic rings. The molecule has 0 spiro atoms. The molecule has 0 aliphatic heterocycles. The van der Waals surface area contributed by atoms with Crippen LogP contribution in [0, 0.1) is 5.82 Å². The van der Waals surface area contributed by atoms with Gasteiger partial charge < -0.3 is 5.32 Å². The quantitative estimate of drug-likeness (QED) is 0.815. The molecule has 4 heteroatoms. The molecule has 0 heterocycles. The Kier molecular flexibility index (Phi) is 4.31. The Morgan fingerprint density at radius 2 is 1.83 bits per heavy atom. The van der Waals surface area contributed by atoms with Crippen molar-refractivity contribution >= 4 is 17.7 Å². The number of amides is 1. The van der Waals surface area contributed by atoms with Crippen molar-refractivity contribution in [2.75, 3.05) is 0 Å². The molecule has 1 unspecified atom stereocenters. The van der Waals surface area contributed by atoms with Crippen LogP contribution in [0.15, 0.2) is 47.4 Å². The van der Waals surface area contributed by atoms with Crippen molar-refractivity contribution < 1.29 is 9.18 Å². The van der Waals surface area contributed by atoms with Gasteiger partial charge in [-0.15, -0.1) is 11.8 Å². The summed E-state index contributed by atoms with van der Waals surface area (Å²) >= 11 is 1.56. The van der Waals surface area contributed by atoms with Crippen LogP contribution in [0.1, 0.15) is 41.2 Å². The summed E-state index contributed by atoms with van der Waals surface area (Å²) in [4.78, 5) is 13.8. The van der Waals surface area contributed by atoms with Gasteiger partial charge in [0.1, 0.15) is 11.1 Å². The Labute approximate surface area is 145 Å². The molecule has 0 saturated heterocycles. The third-order valence-corrected chi connectivity index (χ3v) is 5.91. The first kappa shape index (κ1) is 15.7. The summed E-state index contributed by atoms with van der Waals surface area (Å²) in [6, 6.07) is 13.1. The van der Waals surface area contributed by atoms with Gasteiger partial charge in [-0.05, 0) is 73.1 Å². The van der Waals surface area contributed by atoms with Gasteiger partial charge in [-0.1, -0.05) is 18.2 Å². The Morgan fingerprint density at radius 1 is 1.08 bits per heavy atom. The van der Waals surface area contributed by atoms with Gasteiger partial charge in [0.05, 0.1) is 0 Å². The van der Waals surface area contributed by atoms with E-state index < -0.39 is 0 Å². The van der Waals surface area contributed by atoms with Crippen molar-refractivity contribution in [2.24, 2.45) is 0 Å². The maximum absolute atomic E-state index is 13.2. The third kappa shape index (κ3) is 3.48. The van der Waals surface area contributed by atoms with E-state index in [0.29, 0.717) is 6.04 Å². The van der Waals surface area contributed by atoms with Crippen molar-refractivity contribution in [3.05, 3.63) is 65.0 Å². The lowest BCUT2D eigenvalue weighted by molar-refractivity contribution is -0.120. The van der Waals surface area contributed by atoms with E-state index in [1.165, 1.54) is 29.7 Å². The summed E-state index contributed by atoms with van der Waals surface area (Å²) in [5.74, 6) is -0.253. The number of carbonyl (C=O) groups is 1. The number of rotatable bonds is 5. The second-order valence-corrected chi connectivity index (χ2v) is 7.79. The first-order chi connectivity index (χ1) is 11.7. The van der Waals surface area contributed by atoms with E-state index in [9.17, 15) is 9.18 Å². The fourth-order valence-corrected chi connectivity index (χ4v) is 4.27. The van der Waals surface area contributed by atoms with Crippen LogP contribution in [-0.4, -0.2) is 11.9 Å². The Morgan fingerprint density at radius 3 is 2.58 bits per heavy atom. The smallest absolute Gasteiger partial charge is 0.238 e. The van der Waals surface area contributed by atoms with E-state index in [-0.39, 0.29) is 17.0 Å². The minimum Gasteiger partial charge on any atom is -0.352 e. The van der Waals surface area contributed by atoms with Crippen LogP contribution in [0.3, 0.4) is 0 Å². The van der Waals surface area contributed by atoms with Gasteiger partial charge in [-0.2, -0.15) is 0 Å². The second kappa shape index (κ2) is 6.60. The predicted molar refractivity (Wildman–Crippen MR) is 94.6 cm³/mol. The minimum atomic E-state index is -0.342. The average molecular weight is 341 g/mol. The number of benzene rings is 2. The maximum atomic E-state index is 13.2. The number of hydrogen-bond donors (Lipinski definition) is 1. The standard InChI is InChI=1S/C20H20FNOS/c21-16-7-4-14(5-8-16)19(20(23)22-17-9-10-17)24-18-11-6-13-2-1-3-15(13)12-18/h4-8,11-12,17,19H,1-3,9-10H2,(H,22,23). The topological polar surface area (TPSA) is 29.1 Å². The van der Waals surface area contributed by atoms with Gasteiger partial charge in [-0.3, -0.25) is 4.79 Å². The van der Waals surface area contributed by atoms with Gasteiger partial charge in [-0.25, -0.2) is 4.39 Å². The highest BCUT2D eigenvalue weighted by molar-refractivity contribution is 8.00. The van der Waals surface area contributed by atoms with Crippen molar-refractivity contribution in [2.45, 2.75) is 48.3 Å². The predicted octanol–water partition coefficient (Wildman–Crippen LogP) is 4.43. The highest BCUT2D eigenvalue weighted by atomic mass is 32.2. The van der Waals surface area contributed by atoms with Gasteiger partial charge in [0, 0.05) is 10.9 Å². The van der Waals surface area contributed by atoms with E-state index in [1.807, 2.05) is 0 Å². The molecule has 1 saturated carbocycles. The Balaban J connectivity index is 1.59. The number of hydrogen-bond acceptors (Lipinski definition) is 2. The molecule has 1 fully saturated rings. The largest absolute Gasteiger partial charge is 0.352 e. The summed E-state index contributed by atoms with van der Waals surface area (Å²) < 4.78 is 13.2. The fraction of sp³-hybridized carbons (Fsp3) is 0.350. The Hall–Kier alpha value is -1.81. The molecule has 24 heavy (non-hydrogen) atoms. The molecular weight excluding hydrogens is 321 g/mol. The number of halogens is 1. The highest BCUT2D eigenvalue weighted by Gasteiger charge is 2.29. The monoisotopic (exact) mass is 341 g/mol. The van der Waals surface area contributed by atoms with Crippen LogP contribution in [-0.2, 0) is 17.6 Å². The number of thioether (sulfide) groups is 1. The summed E-state index contributed by atoms with van der Waals surface area (Å²) in [6.07, 6.45) is 5.62. The van der Waals surface area contributed by atoms with Crippen LogP contribution in [0.25, 0.3) is 0 Å². The number of nitrogens with one attached hydrogen (secondary N) is 1. The van der Waals surface area contributed by atoms with Crippen LogP contribution in [0.4, 0.5) is 4.39 Å². The summed E-state index contributed by atoms with van der Waals surface area (Å²) in [5.41, 5.74) is 3.68. The fourth-order valence-electron chi connectivity index (χ4n) is 3.17. The second-order valence-electron chi connectivity index (χ2n) is 6.62. The highest BCUT2D eigenvalue weighted by Crippen LogP contribution is 2.38. The molecule has 1 N–H and O–H groups in total. The van der Waals surface area contributed by atoms with E-state index in [2.05, 4.69) is 23.5 Å². The molecule has 2 nitrogen and oxygen atoms in total. The van der Waals surface area contributed by atoms with Gasteiger partial charge in [0.2, 0.25) is 5.91 Å². The van der Waals surface area contributed by atoms with Crippen LogP contribution in [0.5, 0.6) is 0 Å². The number of fused-ring (bicyclic) bond motifs is 1. The zero-order chi connectivity index (χ0) is 16.5. The lowest BCUT2D eigenvalue weighted by Gasteiger charge is -2.17. The van der Waals surface area contributed by atoms with E-state index in [0.717, 1.165) is 36.1 Å². The lowest BCUT2D eigenvalue weighted by atomic mass is 10.1. The van der Waals surface area contributed by atoms with E-state index in [4.69, 9.17) is 0 Å². The molecule has 2 aliphatic rings. The first-order valence-corrected chi connectivity index (χ1v) is 9.41. The molecule has 0 bridgehead atoms. The minimum absolute atomic E-state index is 0.0228.